The highest BCUT2D eigenvalue weighted by atomic mass is 16.5. The molecule has 0 radical (unpaired) electrons. The number of hydrogen-bond donors (Lipinski definition) is 3. The van der Waals surface area contributed by atoms with Crippen molar-refractivity contribution >= 4 is 29.0 Å². The third kappa shape index (κ3) is 4.58. The maximum Gasteiger partial charge on any atom is 0.335 e. The van der Waals surface area contributed by atoms with E-state index in [2.05, 4.69) is 15.8 Å². The number of carboxylic acid groups (broad SMARTS) is 1. The van der Waals surface area contributed by atoms with Gasteiger partial charge in [-0.2, -0.15) is 10.4 Å². The number of aromatic carboxylic acids is 1. The van der Waals surface area contributed by atoms with Gasteiger partial charge in [0.25, 0.3) is 5.91 Å². The van der Waals surface area contributed by atoms with Crippen LogP contribution in [-0.2, 0) is 4.79 Å². The second-order valence-electron chi connectivity index (χ2n) is 5.20. The number of anilines is 2. The van der Waals surface area contributed by atoms with Crippen LogP contribution in [0.15, 0.2) is 47.6 Å². The zero-order valence-corrected chi connectivity index (χ0v) is 14.1. The van der Waals surface area contributed by atoms with Crippen LogP contribution in [0, 0.1) is 18.3 Å². The van der Waals surface area contributed by atoms with E-state index >= 15 is 0 Å². The quantitative estimate of drug-likeness (QED) is 0.542. The molecule has 0 spiro atoms. The van der Waals surface area contributed by atoms with Crippen LogP contribution in [-0.4, -0.2) is 29.8 Å². The van der Waals surface area contributed by atoms with Crippen molar-refractivity contribution in [3.05, 3.63) is 53.6 Å². The number of nitriles is 1. The summed E-state index contributed by atoms with van der Waals surface area (Å²) in [6.07, 6.45) is 0. The lowest BCUT2D eigenvalue weighted by atomic mass is 10.1. The van der Waals surface area contributed by atoms with E-state index in [4.69, 9.17) is 15.1 Å². The van der Waals surface area contributed by atoms with Crippen molar-refractivity contribution in [1.82, 2.24) is 0 Å². The Kier molecular flexibility index (Phi) is 5.90. The molecule has 2 aromatic rings. The third-order valence-corrected chi connectivity index (χ3v) is 3.42. The summed E-state index contributed by atoms with van der Waals surface area (Å²) in [6.45, 7) is 1.74. The molecule has 8 nitrogen and oxygen atoms in total. The highest BCUT2D eigenvalue weighted by Gasteiger charge is 2.13. The molecule has 0 unspecified atom stereocenters. The molecular weight excluding hydrogens is 336 g/mol. The van der Waals surface area contributed by atoms with Crippen molar-refractivity contribution in [3.8, 4) is 11.8 Å². The number of methoxy groups -OCH3 is 1. The van der Waals surface area contributed by atoms with Gasteiger partial charge in [0.15, 0.2) is 0 Å². The summed E-state index contributed by atoms with van der Waals surface area (Å²) in [5.74, 6) is -1.24. The van der Waals surface area contributed by atoms with E-state index in [1.54, 1.807) is 43.3 Å². The minimum atomic E-state index is -1.09. The van der Waals surface area contributed by atoms with E-state index in [0.717, 1.165) is 0 Å². The van der Waals surface area contributed by atoms with E-state index < -0.39 is 17.6 Å². The molecule has 2 aromatic carbocycles. The van der Waals surface area contributed by atoms with Gasteiger partial charge in [-0.3, -0.25) is 10.2 Å². The summed E-state index contributed by atoms with van der Waals surface area (Å²) in [5.41, 5.74) is 3.76. The number of carbonyl (C=O) groups is 2. The van der Waals surface area contributed by atoms with Crippen molar-refractivity contribution in [2.75, 3.05) is 17.9 Å². The van der Waals surface area contributed by atoms with Gasteiger partial charge in [0.05, 0.1) is 18.4 Å². The van der Waals surface area contributed by atoms with Crippen LogP contribution in [0.25, 0.3) is 0 Å². The number of nitrogens with one attached hydrogen (secondary N) is 2. The fourth-order valence-electron chi connectivity index (χ4n) is 2.01. The van der Waals surface area contributed by atoms with E-state index in [1.807, 2.05) is 0 Å². The first-order valence-electron chi connectivity index (χ1n) is 7.47. The molecule has 132 valence electrons. The van der Waals surface area contributed by atoms with Crippen LogP contribution in [0.4, 0.5) is 11.4 Å². The Labute approximate surface area is 149 Å². The van der Waals surface area contributed by atoms with Crippen molar-refractivity contribution in [2.45, 2.75) is 6.92 Å². The predicted octanol–water partition coefficient (Wildman–Crippen LogP) is 2.63. The minimum Gasteiger partial charge on any atom is -0.497 e. The zero-order valence-electron chi connectivity index (χ0n) is 14.1. The molecule has 2 rings (SSSR count). The molecule has 0 aromatic heterocycles. The second-order valence-corrected chi connectivity index (χ2v) is 5.20. The van der Waals surface area contributed by atoms with Crippen molar-refractivity contribution in [1.29, 1.82) is 5.26 Å². The number of carbonyl (C=O) groups excluding carboxylic acids is 1. The standard InChI is InChI=1S/C18H16N4O4/c1-11-6-7-12(18(24)25)8-15(11)21-22-16(10-19)17(23)20-13-4-3-5-14(9-13)26-2/h3-9,21H,1-2H3,(H,20,23)(H,24,25)/b22-16-. The van der Waals surface area contributed by atoms with Gasteiger partial charge >= 0.3 is 5.97 Å². The molecule has 3 N–H and O–H groups in total. The zero-order chi connectivity index (χ0) is 19.1. The lowest BCUT2D eigenvalue weighted by molar-refractivity contribution is -0.110. The van der Waals surface area contributed by atoms with Gasteiger partial charge in [-0.1, -0.05) is 12.1 Å². The summed E-state index contributed by atoms with van der Waals surface area (Å²) in [6, 6.07) is 12.8. The lowest BCUT2D eigenvalue weighted by Gasteiger charge is -2.08. The number of nitrogens with zero attached hydrogens (tertiary/aromatic N) is 2. The van der Waals surface area contributed by atoms with Crippen LogP contribution >= 0.6 is 0 Å². The summed E-state index contributed by atoms with van der Waals surface area (Å²) in [4.78, 5) is 23.2. The van der Waals surface area contributed by atoms with E-state index in [0.29, 0.717) is 22.7 Å². The number of amides is 1. The Bertz CT molecular complexity index is 916. The van der Waals surface area contributed by atoms with Crippen molar-refractivity contribution in [2.24, 2.45) is 5.10 Å². The Morgan fingerprint density at radius 1 is 1.23 bits per heavy atom. The van der Waals surface area contributed by atoms with Crippen LogP contribution in [0.3, 0.4) is 0 Å². The average molecular weight is 352 g/mol. The van der Waals surface area contributed by atoms with Gasteiger partial charge in [0, 0.05) is 11.8 Å². The fraction of sp³-hybridized carbons (Fsp3) is 0.111. The van der Waals surface area contributed by atoms with E-state index in [-0.39, 0.29) is 5.56 Å². The smallest absolute Gasteiger partial charge is 0.335 e. The molecule has 0 saturated heterocycles. The molecule has 0 heterocycles. The van der Waals surface area contributed by atoms with E-state index in [1.165, 1.54) is 19.2 Å². The number of hydrazone groups is 1. The Morgan fingerprint density at radius 3 is 2.65 bits per heavy atom. The molecule has 0 aliphatic carbocycles. The van der Waals surface area contributed by atoms with E-state index in [9.17, 15) is 9.59 Å². The Morgan fingerprint density at radius 2 is 2.00 bits per heavy atom. The average Bonchev–Trinajstić information content (AvgIpc) is 2.63. The first kappa shape index (κ1) is 18.5. The molecule has 0 aliphatic rings. The van der Waals surface area contributed by atoms with Crippen LogP contribution in [0.5, 0.6) is 5.75 Å². The van der Waals surface area contributed by atoms with Gasteiger partial charge in [-0.15, -0.1) is 0 Å². The summed E-state index contributed by atoms with van der Waals surface area (Å²) >= 11 is 0. The van der Waals surface area contributed by atoms with Crippen molar-refractivity contribution < 1.29 is 19.4 Å². The second kappa shape index (κ2) is 8.30. The largest absolute Gasteiger partial charge is 0.497 e. The molecule has 0 saturated carbocycles. The SMILES string of the molecule is COc1cccc(NC(=O)/C(C#N)=N\Nc2cc(C(=O)O)ccc2C)c1. The van der Waals surface area contributed by atoms with Gasteiger partial charge in [0.1, 0.15) is 11.8 Å². The lowest BCUT2D eigenvalue weighted by Crippen LogP contribution is -2.22. The Hall–Kier alpha value is -3.86. The van der Waals surface area contributed by atoms with Crippen molar-refractivity contribution in [3.63, 3.8) is 0 Å². The number of aryl methyl sites for hydroxylation is 1. The number of rotatable bonds is 6. The number of carboxylic acids is 1. The number of hydrogen-bond acceptors (Lipinski definition) is 6. The number of benzene rings is 2. The predicted molar refractivity (Wildman–Crippen MR) is 96.4 cm³/mol. The van der Waals surface area contributed by atoms with Gasteiger partial charge in [-0.25, -0.2) is 4.79 Å². The molecule has 0 atom stereocenters. The number of ether oxygens (including phenoxy) is 1. The van der Waals surface area contributed by atoms with Crippen LogP contribution in [0.1, 0.15) is 15.9 Å². The normalized spacial score (nSPS) is 10.6. The highest BCUT2D eigenvalue weighted by molar-refractivity contribution is 6.48. The monoisotopic (exact) mass is 352 g/mol. The van der Waals surface area contributed by atoms with Gasteiger partial charge < -0.3 is 15.2 Å². The minimum absolute atomic E-state index is 0.0626. The molecule has 0 bridgehead atoms. The van der Waals surface area contributed by atoms with Gasteiger partial charge in [0.2, 0.25) is 5.71 Å². The third-order valence-electron chi connectivity index (χ3n) is 3.42. The molecule has 0 fully saturated rings. The summed E-state index contributed by atoms with van der Waals surface area (Å²) in [7, 11) is 1.50. The molecule has 0 aliphatic heterocycles. The molecular formula is C18H16N4O4. The van der Waals surface area contributed by atoms with Crippen LogP contribution < -0.4 is 15.5 Å². The summed E-state index contributed by atoms with van der Waals surface area (Å²) in [5, 5.41) is 24.5. The maximum absolute atomic E-state index is 12.2. The van der Waals surface area contributed by atoms with Crippen LogP contribution in [0.2, 0.25) is 0 Å². The first-order valence-corrected chi connectivity index (χ1v) is 7.47. The molecule has 26 heavy (non-hydrogen) atoms. The Balaban J connectivity index is 2.17. The first-order chi connectivity index (χ1) is 12.4. The maximum atomic E-state index is 12.2. The topological polar surface area (TPSA) is 124 Å². The highest BCUT2D eigenvalue weighted by Crippen LogP contribution is 2.18. The molecule has 1 amide bonds. The summed E-state index contributed by atoms with van der Waals surface area (Å²) < 4.78 is 5.07. The van der Waals surface area contributed by atoms with Gasteiger partial charge in [-0.05, 0) is 36.8 Å². The fourth-order valence-corrected chi connectivity index (χ4v) is 2.01. The molecule has 8 heteroatoms.